The number of thiocarbonyl (C=S) groups is 1. The summed E-state index contributed by atoms with van der Waals surface area (Å²) >= 11 is 6.86. The molecule has 4 nitrogen and oxygen atoms in total. The molecule has 1 heterocycles. The second kappa shape index (κ2) is 9.79. The summed E-state index contributed by atoms with van der Waals surface area (Å²) < 4.78 is 0.843. The van der Waals surface area contributed by atoms with Gasteiger partial charge in [0.05, 0.1) is 5.75 Å². The lowest BCUT2D eigenvalue weighted by Gasteiger charge is -2.17. The highest BCUT2D eigenvalue weighted by Crippen LogP contribution is 2.17. The average Bonchev–Trinajstić information content (AvgIpc) is 3.11. The van der Waals surface area contributed by atoms with Gasteiger partial charge < -0.3 is 10.2 Å². The number of benzene rings is 1. The number of carbonyl (C=O) groups is 2. The molecule has 0 bridgehead atoms. The monoisotopic (exact) mass is 364 g/mol. The molecule has 0 aromatic heterocycles. The standard InChI is InChI=1S/C18H24N2O2S2/c1-14(21)19-10-4-5-15-6-8-16(9-7-15)17(22)13-24-18(23)20-11-2-3-12-20/h6-9H,2-5,10-13H2,1H3,(H,19,21). The number of nitrogens with zero attached hydrogens (tertiary/aromatic N) is 1. The van der Waals surface area contributed by atoms with E-state index < -0.39 is 0 Å². The van der Waals surface area contributed by atoms with Gasteiger partial charge in [-0.05, 0) is 31.2 Å². The first kappa shape index (κ1) is 18.9. The van der Waals surface area contributed by atoms with Gasteiger partial charge in [-0.2, -0.15) is 0 Å². The summed E-state index contributed by atoms with van der Waals surface area (Å²) in [5.41, 5.74) is 1.91. The maximum Gasteiger partial charge on any atom is 0.216 e. The van der Waals surface area contributed by atoms with Crippen molar-refractivity contribution in [2.75, 3.05) is 25.4 Å². The summed E-state index contributed by atoms with van der Waals surface area (Å²) in [5, 5.41) is 2.78. The number of aryl methyl sites for hydroxylation is 1. The van der Waals surface area contributed by atoms with Crippen LogP contribution >= 0.6 is 24.0 Å². The number of hydrogen-bond donors (Lipinski definition) is 1. The molecule has 1 fully saturated rings. The second-order valence-corrected chi connectivity index (χ2v) is 7.56. The number of amides is 1. The molecule has 1 saturated heterocycles. The van der Waals surface area contributed by atoms with Crippen LogP contribution in [0.25, 0.3) is 0 Å². The Morgan fingerprint density at radius 3 is 2.50 bits per heavy atom. The van der Waals surface area contributed by atoms with E-state index in [0.29, 0.717) is 12.3 Å². The van der Waals surface area contributed by atoms with Crippen LogP contribution < -0.4 is 5.32 Å². The smallest absolute Gasteiger partial charge is 0.216 e. The van der Waals surface area contributed by atoms with Crippen LogP contribution in [0.3, 0.4) is 0 Å². The first-order valence-corrected chi connectivity index (χ1v) is 9.74. The maximum absolute atomic E-state index is 12.3. The van der Waals surface area contributed by atoms with Gasteiger partial charge in [-0.15, -0.1) is 0 Å². The summed E-state index contributed by atoms with van der Waals surface area (Å²) in [6, 6.07) is 7.75. The molecular formula is C18H24N2O2S2. The predicted molar refractivity (Wildman–Crippen MR) is 104 cm³/mol. The zero-order valence-corrected chi connectivity index (χ0v) is 15.7. The van der Waals surface area contributed by atoms with Crippen LogP contribution in [0, 0.1) is 0 Å². The number of likely N-dealkylation sites (tertiary alicyclic amines) is 1. The van der Waals surface area contributed by atoms with Gasteiger partial charge in [0, 0.05) is 32.1 Å². The Morgan fingerprint density at radius 2 is 1.88 bits per heavy atom. The first-order valence-electron chi connectivity index (χ1n) is 8.34. The topological polar surface area (TPSA) is 49.4 Å². The molecule has 1 aliphatic rings. The minimum absolute atomic E-state index is 0.000268. The van der Waals surface area contributed by atoms with E-state index in [-0.39, 0.29) is 11.7 Å². The van der Waals surface area contributed by atoms with E-state index in [2.05, 4.69) is 10.2 Å². The van der Waals surface area contributed by atoms with E-state index in [4.69, 9.17) is 12.2 Å². The predicted octanol–water partition coefficient (Wildman–Crippen LogP) is 3.05. The average molecular weight is 365 g/mol. The fourth-order valence-electron chi connectivity index (χ4n) is 2.62. The summed E-state index contributed by atoms with van der Waals surface area (Å²) in [5.74, 6) is 0.517. The summed E-state index contributed by atoms with van der Waals surface area (Å²) in [6.45, 7) is 4.24. The molecule has 1 aromatic carbocycles. The zero-order chi connectivity index (χ0) is 17.4. The highest BCUT2D eigenvalue weighted by Gasteiger charge is 2.16. The highest BCUT2D eigenvalue weighted by atomic mass is 32.2. The molecule has 0 saturated carbocycles. The van der Waals surface area contributed by atoms with Gasteiger partial charge in [-0.25, -0.2) is 0 Å². The fourth-order valence-corrected chi connectivity index (χ4v) is 3.76. The Labute approximate surface area is 153 Å². The number of carbonyl (C=O) groups excluding carboxylic acids is 2. The molecule has 0 aliphatic carbocycles. The Morgan fingerprint density at radius 1 is 1.21 bits per heavy atom. The van der Waals surface area contributed by atoms with Crippen molar-refractivity contribution < 1.29 is 9.59 Å². The number of Topliss-reactive ketones (excluding diaryl/α,β-unsaturated/α-hetero) is 1. The van der Waals surface area contributed by atoms with Gasteiger partial charge in [0.2, 0.25) is 5.91 Å². The first-order chi connectivity index (χ1) is 11.6. The van der Waals surface area contributed by atoms with Crippen LogP contribution in [0.4, 0.5) is 0 Å². The van der Waals surface area contributed by atoms with Crippen LogP contribution in [0.2, 0.25) is 0 Å². The van der Waals surface area contributed by atoms with Crippen molar-refractivity contribution in [3.05, 3.63) is 35.4 Å². The lowest BCUT2D eigenvalue weighted by molar-refractivity contribution is -0.118. The van der Waals surface area contributed by atoms with Gasteiger partial charge in [-0.3, -0.25) is 9.59 Å². The normalized spacial score (nSPS) is 13.8. The van der Waals surface area contributed by atoms with Crippen LogP contribution in [0.5, 0.6) is 0 Å². The van der Waals surface area contributed by atoms with Gasteiger partial charge >= 0.3 is 0 Å². The number of hydrogen-bond acceptors (Lipinski definition) is 4. The summed E-state index contributed by atoms with van der Waals surface area (Å²) in [6.07, 6.45) is 4.17. The minimum Gasteiger partial charge on any atom is -0.358 e. The molecule has 0 atom stereocenters. The quantitative estimate of drug-likeness (QED) is 0.458. The van der Waals surface area contributed by atoms with Crippen LogP contribution in [0.1, 0.15) is 42.1 Å². The third-order valence-corrected chi connectivity index (χ3v) is 5.51. The molecule has 0 radical (unpaired) electrons. The highest BCUT2D eigenvalue weighted by molar-refractivity contribution is 8.23. The van der Waals surface area contributed by atoms with Crippen LogP contribution in [0.15, 0.2) is 24.3 Å². The molecule has 1 aromatic rings. The van der Waals surface area contributed by atoms with E-state index in [1.807, 2.05) is 24.3 Å². The maximum atomic E-state index is 12.3. The Hall–Kier alpha value is -1.40. The van der Waals surface area contributed by atoms with Crippen LogP contribution in [-0.2, 0) is 11.2 Å². The molecule has 24 heavy (non-hydrogen) atoms. The van der Waals surface area contributed by atoms with Gasteiger partial charge in [0.1, 0.15) is 4.32 Å². The van der Waals surface area contributed by atoms with E-state index in [1.165, 1.54) is 37.1 Å². The van der Waals surface area contributed by atoms with E-state index in [9.17, 15) is 9.59 Å². The Kier molecular flexibility index (Phi) is 7.72. The molecule has 6 heteroatoms. The third kappa shape index (κ3) is 6.24. The van der Waals surface area contributed by atoms with Crippen molar-refractivity contribution in [2.45, 2.75) is 32.6 Å². The lowest BCUT2D eigenvalue weighted by atomic mass is 10.1. The molecule has 1 N–H and O–H groups in total. The molecule has 2 rings (SSSR count). The van der Waals surface area contributed by atoms with E-state index >= 15 is 0 Å². The van der Waals surface area contributed by atoms with E-state index in [0.717, 1.165) is 35.8 Å². The number of rotatable bonds is 7. The van der Waals surface area contributed by atoms with Crippen molar-refractivity contribution in [1.29, 1.82) is 0 Å². The molecular weight excluding hydrogens is 340 g/mol. The largest absolute Gasteiger partial charge is 0.358 e. The Bertz CT molecular complexity index is 581. The number of nitrogens with one attached hydrogen (secondary N) is 1. The summed E-state index contributed by atoms with van der Waals surface area (Å²) in [7, 11) is 0. The van der Waals surface area contributed by atoms with Crippen molar-refractivity contribution in [3.63, 3.8) is 0 Å². The van der Waals surface area contributed by atoms with Gasteiger partial charge in [0.15, 0.2) is 5.78 Å². The van der Waals surface area contributed by atoms with Gasteiger partial charge in [-0.1, -0.05) is 48.2 Å². The molecule has 0 spiro atoms. The van der Waals surface area contributed by atoms with Crippen molar-refractivity contribution >= 4 is 40.0 Å². The van der Waals surface area contributed by atoms with Crippen molar-refractivity contribution in [3.8, 4) is 0 Å². The van der Waals surface area contributed by atoms with Crippen LogP contribution in [-0.4, -0.2) is 46.3 Å². The zero-order valence-electron chi connectivity index (χ0n) is 14.0. The SMILES string of the molecule is CC(=O)NCCCc1ccc(C(=O)CSC(=S)N2CCCC2)cc1. The van der Waals surface area contributed by atoms with Crippen molar-refractivity contribution in [2.24, 2.45) is 0 Å². The van der Waals surface area contributed by atoms with E-state index in [1.54, 1.807) is 0 Å². The molecule has 1 aliphatic heterocycles. The number of ketones is 1. The third-order valence-electron chi connectivity index (χ3n) is 3.98. The molecule has 130 valence electrons. The molecule has 1 amide bonds. The Balaban J connectivity index is 1.74. The van der Waals surface area contributed by atoms with Gasteiger partial charge in [0.25, 0.3) is 0 Å². The second-order valence-electron chi connectivity index (χ2n) is 5.96. The lowest BCUT2D eigenvalue weighted by Crippen LogP contribution is -2.24. The fraction of sp³-hybridized carbons (Fsp3) is 0.500. The number of thioether (sulfide) groups is 1. The van der Waals surface area contributed by atoms with Crippen molar-refractivity contribution in [1.82, 2.24) is 10.2 Å². The molecule has 0 unspecified atom stereocenters. The summed E-state index contributed by atoms with van der Waals surface area (Å²) in [4.78, 5) is 25.3. The minimum atomic E-state index is 0.000268.